The molecule has 0 aromatic heterocycles. The number of hydrogen-bond donors (Lipinski definition) is 4. The van der Waals surface area contributed by atoms with Crippen LogP contribution in [0, 0.1) is 11.3 Å². The van der Waals surface area contributed by atoms with Gasteiger partial charge in [0, 0.05) is 45.2 Å². The molecule has 1 unspecified atom stereocenters. The third-order valence-corrected chi connectivity index (χ3v) is 3.80. The van der Waals surface area contributed by atoms with E-state index in [1.54, 1.807) is 7.11 Å². The SMILES string of the molecule is COCCC(CN)CNCC(CN)(CN)CCC(F)(F)F. The molecule has 0 aliphatic heterocycles. The number of hydrogen-bond acceptors (Lipinski definition) is 5. The fraction of sp³-hybridized carbons (Fsp3) is 1.00. The molecule has 0 saturated heterocycles. The summed E-state index contributed by atoms with van der Waals surface area (Å²) in [4.78, 5) is 0. The van der Waals surface area contributed by atoms with Crippen LogP contribution in [0.1, 0.15) is 19.3 Å². The van der Waals surface area contributed by atoms with Crippen molar-refractivity contribution in [1.29, 1.82) is 0 Å². The predicted octanol–water partition coefficient (Wildman–Crippen LogP) is 0.434. The highest BCUT2D eigenvalue weighted by Gasteiger charge is 2.34. The molecule has 0 radical (unpaired) electrons. The summed E-state index contributed by atoms with van der Waals surface area (Å²) in [7, 11) is 1.62. The zero-order valence-electron chi connectivity index (χ0n) is 12.7. The van der Waals surface area contributed by atoms with Crippen LogP contribution in [-0.4, -0.2) is 52.6 Å². The lowest BCUT2D eigenvalue weighted by atomic mass is 9.83. The van der Waals surface area contributed by atoms with Gasteiger partial charge in [-0.25, -0.2) is 0 Å². The first-order valence-electron chi connectivity index (χ1n) is 7.19. The summed E-state index contributed by atoms with van der Waals surface area (Å²) >= 11 is 0. The maximum atomic E-state index is 12.4. The van der Waals surface area contributed by atoms with Gasteiger partial charge in [-0.1, -0.05) is 0 Å². The third-order valence-electron chi connectivity index (χ3n) is 3.80. The first-order valence-corrected chi connectivity index (χ1v) is 7.19. The summed E-state index contributed by atoms with van der Waals surface area (Å²) < 4.78 is 42.1. The Balaban J connectivity index is 4.30. The van der Waals surface area contributed by atoms with E-state index in [1.165, 1.54) is 0 Å². The smallest absolute Gasteiger partial charge is 0.385 e. The zero-order chi connectivity index (χ0) is 16.4. The van der Waals surface area contributed by atoms with Gasteiger partial charge in [-0.2, -0.15) is 13.2 Å². The molecule has 0 bridgehead atoms. The van der Waals surface area contributed by atoms with Crippen molar-refractivity contribution in [1.82, 2.24) is 5.32 Å². The van der Waals surface area contributed by atoms with E-state index in [2.05, 4.69) is 5.32 Å². The molecular weight excluding hydrogens is 285 g/mol. The first kappa shape index (κ1) is 20.6. The highest BCUT2D eigenvalue weighted by atomic mass is 19.4. The molecule has 5 nitrogen and oxygen atoms in total. The molecule has 0 rings (SSSR count). The van der Waals surface area contributed by atoms with Crippen molar-refractivity contribution in [3.8, 4) is 0 Å². The maximum absolute atomic E-state index is 12.4. The zero-order valence-corrected chi connectivity index (χ0v) is 12.7. The van der Waals surface area contributed by atoms with E-state index in [1.807, 2.05) is 0 Å². The Morgan fingerprint density at radius 3 is 2.14 bits per heavy atom. The number of ether oxygens (including phenoxy) is 1. The fourth-order valence-corrected chi connectivity index (χ4v) is 2.06. The number of nitrogens with one attached hydrogen (secondary N) is 1. The molecule has 0 aliphatic rings. The van der Waals surface area contributed by atoms with E-state index >= 15 is 0 Å². The molecule has 0 fully saturated rings. The molecule has 0 saturated carbocycles. The van der Waals surface area contributed by atoms with Crippen LogP contribution in [0.2, 0.25) is 0 Å². The normalized spacial score (nSPS) is 14.4. The van der Waals surface area contributed by atoms with Crippen molar-refractivity contribution in [2.24, 2.45) is 28.5 Å². The van der Waals surface area contributed by atoms with Crippen LogP contribution in [0.15, 0.2) is 0 Å². The van der Waals surface area contributed by atoms with E-state index in [4.69, 9.17) is 21.9 Å². The molecular formula is C13H29F3N4O. The second kappa shape index (κ2) is 10.3. The average molecular weight is 314 g/mol. The van der Waals surface area contributed by atoms with E-state index in [-0.39, 0.29) is 25.4 Å². The average Bonchev–Trinajstić information content (AvgIpc) is 2.45. The van der Waals surface area contributed by atoms with E-state index in [9.17, 15) is 13.2 Å². The molecule has 7 N–H and O–H groups in total. The van der Waals surface area contributed by atoms with Crippen LogP contribution in [0.25, 0.3) is 0 Å². The van der Waals surface area contributed by atoms with Crippen LogP contribution in [-0.2, 0) is 4.74 Å². The number of rotatable bonds is 12. The molecule has 1 atom stereocenters. The van der Waals surface area contributed by atoms with E-state index < -0.39 is 18.0 Å². The number of nitrogens with two attached hydrogens (primary N) is 3. The summed E-state index contributed by atoms with van der Waals surface area (Å²) in [6.45, 7) is 2.33. The Bertz CT molecular complexity index is 260. The number of methoxy groups -OCH3 is 1. The molecule has 0 spiro atoms. The lowest BCUT2D eigenvalue weighted by Crippen LogP contribution is -2.47. The number of alkyl halides is 3. The summed E-state index contributed by atoms with van der Waals surface area (Å²) in [6.07, 6.45) is -4.32. The van der Waals surface area contributed by atoms with Crippen molar-refractivity contribution >= 4 is 0 Å². The Kier molecular flexibility index (Phi) is 10.1. The Morgan fingerprint density at radius 1 is 1.10 bits per heavy atom. The fourth-order valence-electron chi connectivity index (χ4n) is 2.06. The van der Waals surface area contributed by atoms with Gasteiger partial charge in [-0.3, -0.25) is 0 Å². The van der Waals surface area contributed by atoms with Gasteiger partial charge >= 0.3 is 6.18 Å². The number of halogens is 3. The van der Waals surface area contributed by atoms with E-state index in [0.717, 1.165) is 6.42 Å². The molecule has 0 amide bonds. The lowest BCUT2D eigenvalue weighted by Gasteiger charge is -2.32. The molecule has 0 aromatic rings. The molecule has 0 heterocycles. The standard InChI is InChI=1S/C13H29F3N4O/c1-21-5-2-11(6-17)7-20-10-12(8-18,9-19)3-4-13(14,15)16/h11,20H,2-10,17-19H2,1H3. The van der Waals surface area contributed by atoms with Gasteiger partial charge in [0.2, 0.25) is 0 Å². The minimum absolute atomic E-state index is 0.0676. The highest BCUT2D eigenvalue weighted by molar-refractivity contribution is 4.85. The van der Waals surface area contributed by atoms with Crippen LogP contribution >= 0.6 is 0 Å². The maximum Gasteiger partial charge on any atom is 0.389 e. The topological polar surface area (TPSA) is 99.3 Å². The first-order chi connectivity index (χ1) is 9.82. The second-order valence-electron chi connectivity index (χ2n) is 5.54. The van der Waals surface area contributed by atoms with Crippen LogP contribution in [0.5, 0.6) is 0 Å². The van der Waals surface area contributed by atoms with Gasteiger partial charge < -0.3 is 27.3 Å². The lowest BCUT2D eigenvalue weighted by molar-refractivity contribution is -0.140. The largest absolute Gasteiger partial charge is 0.389 e. The summed E-state index contributed by atoms with van der Waals surface area (Å²) in [6, 6.07) is 0. The van der Waals surface area contributed by atoms with Crippen molar-refractivity contribution < 1.29 is 17.9 Å². The molecule has 128 valence electrons. The van der Waals surface area contributed by atoms with Gasteiger partial charge in [-0.05, 0) is 31.8 Å². The van der Waals surface area contributed by atoms with Gasteiger partial charge in [0.15, 0.2) is 0 Å². The Labute approximate surface area is 124 Å². The van der Waals surface area contributed by atoms with Gasteiger partial charge in [0.1, 0.15) is 0 Å². The molecule has 21 heavy (non-hydrogen) atoms. The Morgan fingerprint density at radius 2 is 1.71 bits per heavy atom. The van der Waals surface area contributed by atoms with Crippen molar-refractivity contribution in [3.05, 3.63) is 0 Å². The van der Waals surface area contributed by atoms with Crippen molar-refractivity contribution in [3.63, 3.8) is 0 Å². The van der Waals surface area contributed by atoms with Crippen molar-refractivity contribution in [2.45, 2.75) is 25.4 Å². The van der Waals surface area contributed by atoms with Crippen molar-refractivity contribution in [2.75, 3.05) is 46.4 Å². The highest BCUT2D eigenvalue weighted by Crippen LogP contribution is 2.29. The van der Waals surface area contributed by atoms with Gasteiger partial charge in [0.05, 0.1) is 0 Å². The quantitative estimate of drug-likeness (QED) is 0.419. The molecule has 0 aromatic carbocycles. The monoisotopic (exact) mass is 314 g/mol. The summed E-state index contributed by atoms with van der Waals surface area (Å²) in [5.41, 5.74) is 16.2. The van der Waals surface area contributed by atoms with Crippen LogP contribution in [0.3, 0.4) is 0 Å². The van der Waals surface area contributed by atoms with Gasteiger partial charge in [-0.15, -0.1) is 0 Å². The Hall–Kier alpha value is -0.410. The second-order valence-corrected chi connectivity index (χ2v) is 5.54. The van der Waals surface area contributed by atoms with Crippen LogP contribution in [0.4, 0.5) is 13.2 Å². The van der Waals surface area contributed by atoms with Gasteiger partial charge in [0.25, 0.3) is 0 Å². The minimum atomic E-state index is -4.19. The summed E-state index contributed by atoms with van der Waals surface area (Å²) in [5.74, 6) is 0.223. The third kappa shape index (κ3) is 9.26. The van der Waals surface area contributed by atoms with E-state index in [0.29, 0.717) is 26.2 Å². The molecule has 8 heteroatoms. The summed E-state index contributed by atoms with van der Waals surface area (Å²) in [5, 5.41) is 3.16. The minimum Gasteiger partial charge on any atom is -0.385 e. The molecule has 0 aliphatic carbocycles. The van der Waals surface area contributed by atoms with Crippen LogP contribution < -0.4 is 22.5 Å². The predicted molar refractivity (Wildman–Crippen MR) is 77.7 cm³/mol.